The van der Waals surface area contributed by atoms with E-state index in [1.165, 1.54) is 38.1 Å². The molecule has 0 fully saturated rings. The van der Waals surface area contributed by atoms with Crippen LogP contribution in [0.4, 0.5) is 0 Å². The van der Waals surface area contributed by atoms with Gasteiger partial charge in [-0.2, -0.15) is 0 Å². The molecule has 1 N–H and O–H groups in total. The first-order valence-electron chi connectivity index (χ1n) is 7.71. The van der Waals surface area contributed by atoms with Crippen LogP contribution in [0.5, 0.6) is 0 Å². The van der Waals surface area contributed by atoms with Gasteiger partial charge in [-0.3, -0.25) is 4.79 Å². The maximum Gasteiger partial charge on any atom is 0.241 e. The SMILES string of the molecule is CC(C)(C(=O)NCCSc1ccccc1)S(=O)(=O)c1ccc(Cl)cc1. The van der Waals surface area contributed by atoms with Crippen LogP contribution in [-0.2, 0) is 14.6 Å². The number of carbonyl (C=O) groups is 1. The number of rotatable bonds is 7. The maximum absolute atomic E-state index is 12.8. The normalized spacial score (nSPS) is 12.0. The molecule has 0 saturated heterocycles. The van der Waals surface area contributed by atoms with Crippen molar-refractivity contribution in [2.75, 3.05) is 12.3 Å². The summed E-state index contributed by atoms with van der Waals surface area (Å²) >= 11 is 7.40. The Labute approximate surface area is 157 Å². The Hall–Kier alpha value is -1.50. The number of thioether (sulfide) groups is 1. The van der Waals surface area contributed by atoms with Crippen molar-refractivity contribution in [1.82, 2.24) is 5.32 Å². The third kappa shape index (κ3) is 4.77. The van der Waals surface area contributed by atoms with Crippen molar-refractivity contribution in [3.05, 3.63) is 59.6 Å². The van der Waals surface area contributed by atoms with Gasteiger partial charge in [0.2, 0.25) is 5.91 Å². The van der Waals surface area contributed by atoms with E-state index < -0.39 is 20.5 Å². The molecule has 0 saturated carbocycles. The van der Waals surface area contributed by atoms with Gasteiger partial charge in [0.25, 0.3) is 0 Å². The Kier molecular flexibility index (Phi) is 6.54. The van der Waals surface area contributed by atoms with Crippen molar-refractivity contribution in [2.24, 2.45) is 0 Å². The second-order valence-electron chi connectivity index (χ2n) is 5.89. The fourth-order valence-corrected chi connectivity index (χ4v) is 4.41. The van der Waals surface area contributed by atoms with Crippen LogP contribution in [-0.4, -0.2) is 31.4 Å². The highest BCUT2D eigenvalue weighted by atomic mass is 35.5. The smallest absolute Gasteiger partial charge is 0.241 e. The van der Waals surface area contributed by atoms with E-state index in [1.807, 2.05) is 30.3 Å². The second kappa shape index (κ2) is 8.25. The topological polar surface area (TPSA) is 63.2 Å². The molecule has 2 aromatic carbocycles. The molecule has 25 heavy (non-hydrogen) atoms. The van der Waals surface area contributed by atoms with E-state index >= 15 is 0 Å². The molecule has 0 aliphatic rings. The van der Waals surface area contributed by atoms with E-state index in [9.17, 15) is 13.2 Å². The number of sulfone groups is 1. The first-order valence-corrected chi connectivity index (χ1v) is 10.6. The lowest BCUT2D eigenvalue weighted by Crippen LogP contribution is -2.48. The molecule has 0 radical (unpaired) electrons. The van der Waals surface area contributed by atoms with E-state index in [0.717, 1.165) is 4.90 Å². The van der Waals surface area contributed by atoms with Crippen molar-refractivity contribution in [3.63, 3.8) is 0 Å². The van der Waals surface area contributed by atoms with Crippen molar-refractivity contribution < 1.29 is 13.2 Å². The van der Waals surface area contributed by atoms with E-state index in [4.69, 9.17) is 11.6 Å². The Morgan fingerprint density at radius 3 is 2.28 bits per heavy atom. The molecule has 4 nitrogen and oxygen atoms in total. The first kappa shape index (κ1) is 19.8. The maximum atomic E-state index is 12.8. The average molecular weight is 398 g/mol. The summed E-state index contributed by atoms with van der Waals surface area (Å²) < 4.78 is 23.9. The largest absolute Gasteiger partial charge is 0.354 e. The minimum absolute atomic E-state index is 0.0794. The zero-order valence-electron chi connectivity index (χ0n) is 14.0. The molecule has 0 bridgehead atoms. The minimum atomic E-state index is -3.82. The molecular weight excluding hydrogens is 378 g/mol. The first-order chi connectivity index (χ1) is 11.7. The molecule has 2 rings (SSSR count). The van der Waals surface area contributed by atoms with Gasteiger partial charge in [0.05, 0.1) is 4.90 Å². The van der Waals surface area contributed by atoms with E-state index in [2.05, 4.69) is 5.32 Å². The molecular formula is C18H20ClNO3S2. The fourth-order valence-electron chi connectivity index (χ4n) is 2.09. The molecule has 0 aliphatic carbocycles. The van der Waals surface area contributed by atoms with Gasteiger partial charge >= 0.3 is 0 Å². The van der Waals surface area contributed by atoms with Crippen molar-refractivity contribution >= 4 is 39.1 Å². The number of hydrogen-bond donors (Lipinski definition) is 1. The molecule has 0 heterocycles. The van der Waals surface area contributed by atoms with Gasteiger partial charge in [-0.1, -0.05) is 29.8 Å². The highest BCUT2D eigenvalue weighted by molar-refractivity contribution is 7.99. The molecule has 1 amide bonds. The standard InChI is InChI=1S/C18H20ClNO3S2/c1-18(2,25(22,23)16-10-8-14(19)9-11-16)17(21)20-12-13-24-15-6-4-3-5-7-15/h3-11H,12-13H2,1-2H3,(H,20,21). The second-order valence-corrected chi connectivity index (χ2v) is 9.99. The number of benzene rings is 2. The van der Waals surface area contributed by atoms with Gasteiger partial charge in [0.1, 0.15) is 4.75 Å². The molecule has 0 aliphatic heterocycles. The highest BCUT2D eigenvalue weighted by Gasteiger charge is 2.42. The fraction of sp³-hybridized carbons (Fsp3) is 0.278. The Balaban J connectivity index is 1.98. The van der Waals surface area contributed by atoms with Gasteiger partial charge in [-0.25, -0.2) is 8.42 Å². The van der Waals surface area contributed by atoms with Gasteiger partial charge in [0, 0.05) is 22.2 Å². The summed E-state index contributed by atoms with van der Waals surface area (Å²) in [5.41, 5.74) is 0. The minimum Gasteiger partial charge on any atom is -0.354 e. The number of hydrogen-bond acceptors (Lipinski definition) is 4. The van der Waals surface area contributed by atoms with E-state index in [-0.39, 0.29) is 4.90 Å². The summed E-state index contributed by atoms with van der Waals surface area (Å²) in [6.07, 6.45) is 0. The van der Waals surface area contributed by atoms with Gasteiger partial charge in [-0.05, 0) is 50.2 Å². The van der Waals surface area contributed by atoms with E-state index in [0.29, 0.717) is 17.3 Å². The molecule has 0 atom stereocenters. The van der Waals surface area contributed by atoms with Crippen LogP contribution >= 0.6 is 23.4 Å². The Morgan fingerprint density at radius 1 is 1.08 bits per heavy atom. The highest BCUT2D eigenvalue weighted by Crippen LogP contribution is 2.26. The lowest BCUT2D eigenvalue weighted by atomic mass is 10.2. The van der Waals surface area contributed by atoms with Crippen LogP contribution in [0.2, 0.25) is 5.02 Å². The summed E-state index contributed by atoms with van der Waals surface area (Å²) in [6.45, 7) is 3.21. The zero-order chi connectivity index (χ0) is 18.5. The number of carbonyl (C=O) groups excluding carboxylic acids is 1. The van der Waals surface area contributed by atoms with Crippen LogP contribution in [0.15, 0.2) is 64.4 Å². The molecule has 134 valence electrons. The van der Waals surface area contributed by atoms with Crippen LogP contribution in [0, 0.1) is 0 Å². The van der Waals surface area contributed by atoms with Crippen LogP contribution in [0.3, 0.4) is 0 Å². The van der Waals surface area contributed by atoms with Crippen molar-refractivity contribution in [3.8, 4) is 0 Å². The van der Waals surface area contributed by atoms with Crippen molar-refractivity contribution in [1.29, 1.82) is 0 Å². The summed E-state index contributed by atoms with van der Waals surface area (Å²) in [7, 11) is -3.82. The third-order valence-corrected chi connectivity index (χ3v) is 7.43. The van der Waals surface area contributed by atoms with E-state index in [1.54, 1.807) is 11.8 Å². The zero-order valence-corrected chi connectivity index (χ0v) is 16.4. The van der Waals surface area contributed by atoms with Crippen molar-refractivity contribution in [2.45, 2.75) is 28.4 Å². The predicted octanol–water partition coefficient (Wildman–Crippen LogP) is 3.80. The van der Waals surface area contributed by atoms with Gasteiger partial charge in [0.15, 0.2) is 9.84 Å². The molecule has 0 unspecified atom stereocenters. The Bertz CT molecular complexity index is 819. The van der Waals surface area contributed by atoms with Crippen LogP contribution in [0.1, 0.15) is 13.8 Å². The Morgan fingerprint density at radius 2 is 1.68 bits per heavy atom. The molecule has 2 aromatic rings. The molecule has 0 spiro atoms. The quantitative estimate of drug-likeness (QED) is 0.570. The lowest BCUT2D eigenvalue weighted by molar-refractivity contribution is -0.122. The summed E-state index contributed by atoms with van der Waals surface area (Å²) in [4.78, 5) is 13.6. The number of nitrogens with one attached hydrogen (secondary N) is 1. The predicted molar refractivity (Wildman–Crippen MR) is 103 cm³/mol. The van der Waals surface area contributed by atoms with Crippen LogP contribution < -0.4 is 5.32 Å². The number of halogens is 1. The average Bonchev–Trinajstić information content (AvgIpc) is 2.59. The summed E-state index contributed by atoms with van der Waals surface area (Å²) in [5.74, 6) is 0.142. The molecule has 7 heteroatoms. The molecule has 0 aromatic heterocycles. The monoisotopic (exact) mass is 397 g/mol. The third-order valence-electron chi connectivity index (χ3n) is 3.74. The van der Waals surface area contributed by atoms with Gasteiger partial charge in [-0.15, -0.1) is 11.8 Å². The number of amides is 1. The summed E-state index contributed by atoms with van der Waals surface area (Å²) in [6, 6.07) is 15.6. The summed E-state index contributed by atoms with van der Waals surface area (Å²) in [5, 5.41) is 3.16. The lowest BCUT2D eigenvalue weighted by Gasteiger charge is -2.24. The van der Waals surface area contributed by atoms with Gasteiger partial charge < -0.3 is 5.32 Å². The van der Waals surface area contributed by atoms with Crippen LogP contribution in [0.25, 0.3) is 0 Å².